The summed E-state index contributed by atoms with van der Waals surface area (Å²) in [5.74, 6) is -0.400. The van der Waals surface area contributed by atoms with Gasteiger partial charge in [-0.1, -0.05) is 17.7 Å². The standard InChI is InChI=1S/C13H16ClFN2/c1-10(2)17(7-3-6-16)9-11-4-5-13(15)12(14)8-11/h4-5,8,10H,3,7,9H2,1-2H3. The van der Waals surface area contributed by atoms with Crippen LogP contribution < -0.4 is 0 Å². The number of nitriles is 1. The monoisotopic (exact) mass is 254 g/mol. The molecule has 0 N–H and O–H groups in total. The zero-order chi connectivity index (χ0) is 12.8. The van der Waals surface area contributed by atoms with Crippen LogP contribution in [0.15, 0.2) is 18.2 Å². The Morgan fingerprint density at radius 2 is 2.18 bits per heavy atom. The van der Waals surface area contributed by atoms with E-state index in [1.54, 1.807) is 12.1 Å². The summed E-state index contributed by atoms with van der Waals surface area (Å²) >= 11 is 5.74. The van der Waals surface area contributed by atoms with E-state index >= 15 is 0 Å². The van der Waals surface area contributed by atoms with E-state index in [4.69, 9.17) is 16.9 Å². The molecular formula is C13H16ClFN2. The van der Waals surface area contributed by atoms with Crippen molar-refractivity contribution in [2.24, 2.45) is 0 Å². The second-order valence-electron chi connectivity index (χ2n) is 4.22. The van der Waals surface area contributed by atoms with Crippen LogP contribution in [-0.4, -0.2) is 17.5 Å². The first-order chi connectivity index (χ1) is 8.04. The zero-order valence-corrected chi connectivity index (χ0v) is 10.8. The summed E-state index contributed by atoms with van der Waals surface area (Å²) in [5.41, 5.74) is 0.961. The Bertz CT molecular complexity index is 412. The quantitative estimate of drug-likeness (QED) is 0.803. The molecule has 0 fully saturated rings. The molecule has 17 heavy (non-hydrogen) atoms. The number of benzene rings is 1. The largest absolute Gasteiger partial charge is 0.296 e. The highest BCUT2D eigenvalue weighted by Crippen LogP contribution is 2.18. The topological polar surface area (TPSA) is 27.0 Å². The second kappa shape index (κ2) is 6.58. The molecule has 0 atom stereocenters. The fourth-order valence-electron chi connectivity index (χ4n) is 1.59. The minimum atomic E-state index is -0.400. The van der Waals surface area contributed by atoms with E-state index in [0.717, 1.165) is 5.56 Å². The first-order valence-corrected chi connectivity index (χ1v) is 5.97. The van der Waals surface area contributed by atoms with E-state index in [2.05, 4.69) is 24.8 Å². The maximum atomic E-state index is 13.0. The normalized spacial score (nSPS) is 10.9. The Morgan fingerprint density at radius 3 is 2.71 bits per heavy atom. The van der Waals surface area contributed by atoms with Crippen LogP contribution in [0, 0.1) is 17.1 Å². The summed E-state index contributed by atoms with van der Waals surface area (Å²) in [6.07, 6.45) is 0.493. The fraction of sp³-hybridized carbons (Fsp3) is 0.462. The molecule has 0 unspecified atom stereocenters. The summed E-state index contributed by atoms with van der Waals surface area (Å²) in [6, 6.07) is 7.21. The van der Waals surface area contributed by atoms with Gasteiger partial charge in [0, 0.05) is 25.6 Å². The van der Waals surface area contributed by atoms with Crippen LogP contribution in [0.4, 0.5) is 4.39 Å². The van der Waals surface area contributed by atoms with Gasteiger partial charge in [-0.15, -0.1) is 0 Å². The molecule has 0 saturated carbocycles. The highest BCUT2D eigenvalue weighted by atomic mass is 35.5. The van der Waals surface area contributed by atoms with Crippen LogP contribution >= 0.6 is 11.6 Å². The molecule has 1 aromatic rings. The molecule has 0 heterocycles. The van der Waals surface area contributed by atoms with Crippen molar-refractivity contribution in [3.05, 3.63) is 34.6 Å². The van der Waals surface area contributed by atoms with E-state index in [-0.39, 0.29) is 5.02 Å². The molecule has 1 aromatic carbocycles. The molecule has 0 amide bonds. The van der Waals surface area contributed by atoms with Gasteiger partial charge in [0.25, 0.3) is 0 Å². The van der Waals surface area contributed by atoms with E-state index in [1.807, 2.05) is 0 Å². The van der Waals surface area contributed by atoms with Gasteiger partial charge < -0.3 is 0 Å². The first-order valence-electron chi connectivity index (χ1n) is 5.59. The van der Waals surface area contributed by atoms with E-state index in [1.165, 1.54) is 6.07 Å². The average Bonchev–Trinajstić information content (AvgIpc) is 2.28. The van der Waals surface area contributed by atoms with Crippen molar-refractivity contribution in [2.75, 3.05) is 6.54 Å². The number of rotatable bonds is 5. The van der Waals surface area contributed by atoms with Crippen LogP contribution in [0.5, 0.6) is 0 Å². The molecule has 0 radical (unpaired) electrons. The van der Waals surface area contributed by atoms with Gasteiger partial charge in [0.1, 0.15) is 5.82 Å². The lowest BCUT2D eigenvalue weighted by atomic mass is 10.2. The van der Waals surface area contributed by atoms with Crippen molar-refractivity contribution in [2.45, 2.75) is 32.9 Å². The summed E-state index contributed by atoms with van der Waals surface area (Å²) in [7, 11) is 0. The minimum Gasteiger partial charge on any atom is -0.296 e. The van der Waals surface area contributed by atoms with Gasteiger partial charge in [-0.05, 0) is 31.5 Å². The molecule has 92 valence electrons. The molecular weight excluding hydrogens is 239 g/mol. The first kappa shape index (κ1) is 14.0. The number of hydrogen-bond donors (Lipinski definition) is 0. The van der Waals surface area contributed by atoms with Crippen molar-refractivity contribution in [1.29, 1.82) is 5.26 Å². The third kappa shape index (κ3) is 4.33. The van der Waals surface area contributed by atoms with E-state index in [9.17, 15) is 4.39 Å². The lowest BCUT2D eigenvalue weighted by Crippen LogP contribution is -2.31. The number of hydrogen-bond acceptors (Lipinski definition) is 2. The minimum absolute atomic E-state index is 0.145. The van der Waals surface area contributed by atoms with Gasteiger partial charge in [0.2, 0.25) is 0 Å². The number of nitrogens with zero attached hydrogens (tertiary/aromatic N) is 2. The Labute approximate surface area is 107 Å². The highest BCUT2D eigenvalue weighted by molar-refractivity contribution is 6.30. The summed E-state index contributed by atoms with van der Waals surface area (Å²) in [5, 5.41) is 8.74. The maximum Gasteiger partial charge on any atom is 0.141 e. The molecule has 4 heteroatoms. The molecule has 0 aliphatic carbocycles. The second-order valence-corrected chi connectivity index (χ2v) is 4.63. The fourth-order valence-corrected chi connectivity index (χ4v) is 1.79. The zero-order valence-electron chi connectivity index (χ0n) is 10.1. The van der Waals surface area contributed by atoms with Gasteiger partial charge in [0.15, 0.2) is 0 Å². The lowest BCUT2D eigenvalue weighted by Gasteiger charge is -2.25. The van der Waals surface area contributed by atoms with Gasteiger partial charge in [-0.2, -0.15) is 5.26 Å². The maximum absolute atomic E-state index is 13.0. The summed E-state index contributed by atoms with van der Waals surface area (Å²) < 4.78 is 13.0. The van der Waals surface area contributed by atoms with E-state index in [0.29, 0.717) is 25.6 Å². The summed E-state index contributed by atoms with van der Waals surface area (Å²) in [6.45, 7) is 5.54. The third-order valence-electron chi connectivity index (χ3n) is 2.61. The Hall–Kier alpha value is -1.11. The smallest absolute Gasteiger partial charge is 0.141 e. The van der Waals surface area contributed by atoms with Gasteiger partial charge in [0.05, 0.1) is 11.1 Å². The molecule has 0 bridgehead atoms. The molecule has 0 aromatic heterocycles. The van der Waals surface area contributed by atoms with Crippen LogP contribution in [0.25, 0.3) is 0 Å². The predicted octanol–water partition coefficient (Wildman–Crippen LogP) is 3.60. The van der Waals surface area contributed by atoms with Crippen molar-refractivity contribution in [3.63, 3.8) is 0 Å². The third-order valence-corrected chi connectivity index (χ3v) is 2.90. The van der Waals surface area contributed by atoms with Crippen molar-refractivity contribution >= 4 is 11.6 Å². The van der Waals surface area contributed by atoms with Crippen LogP contribution in [0.1, 0.15) is 25.8 Å². The van der Waals surface area contributed by atoms with Crippen LogP contribution in [0.2, 0.25) is 5.02 Å². The average molecular weight is 255 g/mol. The van der Waals surface area contributed by atoms with Gasteiger partial charge >= 0.3 is 0 Å². The molecule has 1 rings (SSSR count). The van der Waals surface area contributed by atoms with E-state index < -0.39 is 5.82 Å². The van der Waals surface area contributed by atoms with Crippen LogP contribution in [-0.2, 0) is 6.54 Å². The molecule has 2 nitrogen and oxygen atoms in total. The Kier molecular flexibility index (Phi) is 5.40. The summed E-state index contributed by atoms with van der Waals surface area (Å²) in [4.78, 5) is 2.16. The van der Waals surface area contributed by atoms with Crippen molar-refractivity contribution in [3.8, 4) is 6.07 Å². The highest BCUT2D eigenvalue weighted by Gasteiger charge is 2.10. The molecule has 0 aliphatic rings. The molecule has 0 spiro atoms. The SMILES string of the molecule is CC(C)N(CCC#N)Cc1ccc(F)c(Cl)c1. The van der Waals surface area contributed by atoms with Gasteiger partial charge in [-0.3, -0.25) is 4.90 Å². The molecule has 0 saturated heterocycles. The lowest BCUT2D eigenvalue weighted by molar-refractivity contribution is 0.218. The van der Waals surface area contributed by atoms with Crippen LogP contribution in [0.3, 0.4) is 0 Å². The predicted molar refractivity (Wildman–Crippen MR) is 67.2 cm³/mol. The van der Waals surface area contributed by atoms with Crippen molar-refractivity contribution in [1.82, 2.24) is 4.90 Å². The number of halogens is 2. The Balaban J connectivity index is 2.72. The molecule has 0 aliphatic heterocycles. The van der Waals surface area contributed by atoms with Crippen molar-refractivity contribution < 1.29 is 4.39 Å². The van der Waals surface area contributed by atoms with Gasteiger partial charge in [-0.25, -0.2) is 4.39 Å². The Morgan fingerprint density at radius 1 is 1.47 bits per heavy atom.